The van der Waals surface area contributed by atoms with Gasteiger partial charge in [-0.3, -0.25) is 14.8 Å². The fraction of sp³-hybridized carbons (Fsp3) is 0.435. The molecule has 1 saturated carbocycles. The molecule has 1 saturated heterocycles. The van der Waals surface area contributed by atoms with Gasteiger partial charge in [0.05, 0.1) is 13.3 Å². The van der Waals surface area contributed by atoms with Crippen LogP contribution in [-0.4, -0.2) is 49.4 Å². The van der Waals surface area contributed by atoms with Crippen LogP contribution in [0.25, 0.3) is 0 Å². The molecule has 1 aromatic heterocycles. The highest BCUT2D eigenvalue weighted by Crippen LogP contribution is 2.48. The van der Waals surface area contributed by atoms with E-state index in [9.17, 15) is 14.0 Å². The molecule has 33 heavy (non-hydrogen) atoms. The number of ether oxygens (including phenoxy) is 1. The first-order valence-corrected chi connectivity index (χ1v) is 12.1. The van der Waals surface area contributed by atoms with Crippen LogP contribution < -0.4 is 25.0 Å². The fourth-order valence-electron chi connectivity index (χ4n) is 4.12. The zero-order valence-corrected chi connectivity index (χ0v) is 19.5. The van der Waals surface area contributed by atoms with Crippen LogP contribution in [0.4, 0.5) is 20.7 Å². The summed E-state index contributed by atoms with van der Waals surface area (Å²) < 4.78 is 22.3. The predicted molar refractivity (Wildman–Crippen MR) is 127 cm³/mol. The number of piperidine rings is 1. The summed E-state index contributed by atoms with van der Waals surface area (Å²) in [7, 11) is 1.40. The molecule has 1 atom stereocenters. The van der Waals surface area contributed by atoms with Crippen molar-refractivity contribution in [2.75, 3.05) is 36.7 Å². The summed E-state index contributed by atoms with van der Waals surface area (Å²) in [5.41, 5.74) is 2.29. The van der Waals surface area contributed by atoms with Crippen molar-refractivity contribution in [3.63, 3.8) is 0 Å². The third-order valence-corrected chi connectivity index (χ3v) is 6.66. The van der Waals surface area contributed by atoms with E-state index >= 15 is 0 Å². The number of hydrogen-bond acceptors (Lipinski definition) is 6. The van der Waals surface area contributed by atoms with E-state index in [1.54, 1.807) is 16.8 Å². The normalized spacial score (nSPS) is 19.2. The van der Waals surface area contributed by atoms with Crippen molar-refractivity contribution >= 4 is 35.4 Å². The van der Waals surface area contributed by atoms with Gasteiger partial charge < -0.3 is 15.0 Å². The number of methoxy groups -OCH3 is 1. The maximum absolute atomic E-state index is 14.1. The Hall–Kier alpha value is -2.85. The second-order valence-corrected chi connectivity index (χ2v) is 9.04. The van der Waals surface area contributed by atoms with Crippen molar-refractivity contribution in [1.82, 2.24) is 15.0 Å². The number of amides is 3. The van der Waals surface area contributed by atoms with Gasteiger partial charge in [0, 0.05) is 30.3 Å². The zero-order valence-electron chi connectivity index (χ0n) is 18.7. The van der Waals surface area contributed by atoms with Crippen LogP contribution in [0.3, 0.4) is 0 Å². The number of halogens is 1. The van der Waals surface area contributed by atoms with Crippen LogP contribution in [0, 0.1) is 5.82 Å². The Morgan fingerprint density at radius 2 is 2.09 bits per heavy atom. The maximum Gasteiger partial charge on any atom is 0.321 e. The molecule has 2 aromatic rings. The fourth-order valence-corrected chi connectivity index (χ4v) is 4.54. The number of aromatic nitrogens is 1. The molecule has 0 bridgehead atoms. The number of hydrogen-bond donors (Lipinski definition) is 3. The van der Waals surface area contributed by atoms with Crippen LogP contribution in [0.5, 0.6) is 5.75 Å². The van der Waals surface area contributed by atoms with Crippen molar-refractivity contribution in [2.45, 2.75) is 37.1 Å². The topological polar surface area (TPSA) is 95.6 Å². The van der Waals surface area contributed by atoms with Gasteiger partial charge in [-0.05, 0) is 49.6 Å². The monoisotopic (exact) mass is 473 g/mol. The molecule has 3 amide bonds. The lowest BCUT2D eigenvalue weighted by molar-refractivity contribution is -0.121. The average Bonchev–Trinajstić information content (AvgIpc) is 3.61. The Balaban J connectivity index is 1.38. The van der Waals surface area contributed by atoms with Gasteiger partial charge in [-0.1, -0.05) is 24.1 Å². The smallest absolute Gasteiger partial charge is 0.321 e. The van der Waals surface area contributed by atoms with Crippen LogP contribution in [0.15, 0.2) is 36.5 Å². The number of anilines is 2. The third kappa shape index (κ3) is 5.22. The summed E-state index contributed by atoms with van der Waals surface area (Å²) in [5, 5.41) is 5.01. The van der Waals surface area contributed by atoms with Gasteiger partial charge >= 0.3 is 6.03 Å². The molecular weight excluding hydrogens is 445 g/mol. The highest BCUT2D eigenvalue weighted by atomic mass is 32.2. The van der Waals surface area contributed by atoms with E-state index < -0.39 is 17.9 Å². The van der Waals surface area contributed by atoms with Crippen molar-refractivity contribution in [3.05, 3.63) is 47.9 Å². The Morgan fingerprint density at radius 3 is 2.73 bits per heavy atom. The van der Waals surface area contributed by atoms with Gasteiger partial charge in [0.25, 0.3) is 0 Å². The molecule has 1 unspecified atom stereocenters. The Morgan fingerprint density at radius 1 is 1.33 bits per heavy atom. The summed E-state index contributed by atoms with van der Waals surface area (Å²) in [6, 6.07) is 7.90. The molecule has 2 aliphatic rings. The first kappa shape index (κ1) is 23.3. The minimum absolute atomic E-state index is 0.183. The predicted octanol–water partition coefficient (Wildman–Crippen LogP) is 3.45. The van der Waals surface area contributed by atoms with Crippen LogP contribution in [-0.2, 0) is 10.2 Å². The first-order chi connectivity index (χ1) is 16.0. The standard InChI is InChI=1S/C23H28FN5O3S/c1-32-17-12-18(24)20(25-13-17)28-22(31)27-19-4-3-11-29(21(19)30)16-7-5-15(6-8-16)23(9-10-23)14-26-33-2/h5-8,12-13,19,26H,3-4,9-11,14H2,1-2H3,(H2,25,27,28,31). The molecule has 2 fully saturated rings. The van der Waals surface area contributed by atoms with Crippen molar-refractivity contribution in [3.8, 4) is 5.75 Å². The van der Waals surface area contributed by atoms with Crippen molar-refractivity contribution in [1.29, 1.82) is 0 Å². The second-order valence-electron chi connectivity index (χ2n) is 8.34. The average molecular weight is 474 g/mol. The van der Waals surface area contributed by atoms with Gasteiger partial charge in [-0.15, -0.1) is 0 Å². The van der Waals surface area contributed by atoms with E-state index in [4.69, 9.17) is 4.74 Å². The van der Waals surface area contributed by atoms with Crippen LogP contribution in [0.1, 0.15) is 31.2 Å². The summed E-state index contributed by atoms with van der Waals surface area (Å²) in [4.78, 5) is 31.0. The zero-order chi connectivity index (χ0) is 23.4. The molecule has 1 aromatic carbocycles. The van der Waals surface area contributed by atoms with E-state index in [0.29, 0.717) is 13.0 Å². The molecule has 4 rings (SSSR count). The SMILES string of the molecule is COc1cnc(NC(=O)NC2CCCN(c3ccc(C4(CNSC)CC4)cc3)C2=O)c(F)c1. The van der Waals surface area contributed by atoms with Gasteiger partial charge in [0.15, 0.2) is 11.6 Å². The molecule has 0 spiro atoms. The molecule has 1 aliphatic carbocycles. The maximum atomic E-state index is 14.1. The molecule has 3 N–H and O–H groups in total. The van der Waals surface area contributed by atoms with E-state index in [-0.39, 0.29) is 22.9 Å². The van der Waals surface area contributed by atoms with Gasteiger partial charge in [0.1, 0.15) is 11.8 Å². The number of carbonyl (C=O) groups excluding carboxylic acids is 2. The number of urea groups is 1. The Bertz CT molecular complexity index is 1020. The van der Waals surface area contributed by atoms with E-state index in [0.717, 1.165) is 37.6 Å². The molecular formula is C23H28FN5O3S. The molecule has 176 valence electrons. The lowest BCUT2D eigenvalue weighted by Gasteiger charge is -2.33. The number of rotatable bonds is 8. The highest BCUT2D eigenvalue weighted by Gasteiger charge is 2.43. The van der Waals surface area contributed by atoms with Gasteiger partial charge in [-0.2, -0.15) is 0 Å². The molecule has 1 aliphatic heterocycles. The minimum atomic E-state index is -0.720. The van der Waals surface area contributed by atoms with E-state index in [2.05, 4.69) is 32.5 Å². The third-order valence-electron chi connectivity index (χ3n) is 6.23. The van der Waals surface area contributed by atoms with Crippen molar-refractivity contribution < 1.29 is 18.7 Å². The quantitative estimate of drug-likeness (QED) is 0.509. The number of benzene rings is 1. The largest absolute Gasteiger partial charge is 0.495 e. The first-order valence-electron chi connectivity index (χ1n) is 10.9. The minimum Gasteiger partial charge on any atom is -0.495 e. The molecule has 0 radical (unpaired) electrons. The molecule has 8 nitrogen and oxygen atoms in total. The lowest BCUT2D eigenvalue weighted by Crippen LogP contribution is -2.53. The number of nitrogens with one attached hydrogen (secondary N) is 3. The second kappa shape index (κ2) is 9.96. The number of nitrogens with zero attached hydrogens (tertiary/aromatic N) is 2. The Kier molecular flexibility index (Phi) is 7.04. The van der Waals surface area contributed by atoms with Crippen LogP contribution >= 0.6 is 11.9 Å². The molecule has 2 heterocycles. The van der Waals surface area contributed by atoms with Crippen molar-refractivity contribution in [2.24, 2.45) is 0 Å². The van der Waals surface area contributed by atoms with E-state index in [1.807, 2.05) is 18.4 Å². The number of pyridine rings is 1. The summed E-state index contributed by atoms with van der Waals surface area (Å²) in [6.45, 7) is 1.52. The van der Waals surface area contributed by atoms with E-state index in [1.165, 1.54) is 18.9 Å². The summed E-state index contributed by atoms with van der Waals surface area (Å²) >= 11 is 1.62. The van der Waals surface area contributed by atoms with Gasteiger partial charge in [0.2, 0.25) is 5.91 Å². The highest BCUT2D eigenvalue weighted by molar-refractivity contribution is 7.96. The lowest BCUT2D eigenvalue weighted by atomic mass is 9.95. The van der Waals surface area contributed by atoms with Crippen LogP contribution in [0.2, 0.25) is 0 Å². The Labute approximate surface area is 196 Å². The molecule has 10 heteroatoms. The summed E-state index contributed by atoms with van der Waals surface area (Å²) in [5.74, 6) is -0.885. The number of carbonyl (C=O) groups is 2. The van der Waals surface area contributed by atoms with Gasteiger partial charge in [-0.25, -0.2) is 14.2 Å². The summed E-state index contributed by atoms with van der Waals surface area (Å²) in [6.07, 6.45) is 6.91.